The van der Waals surface area contributed by atoms with Crippen molar-refractivity contribution in [3.8, 4) is 0 Å². The van der Waals surface area contributed by atoms with Crippen LogP contribution < -0.4 is 0 Å². The first-order valence-corrected chi connectivity index (χ1v) is 6.15. The van der Waals surface area contributed by atoms with E-state index in [4.69, 9.17) is 0 Å². The summed E-state index contributed by atoms with van der Waals surface area (Å²) in [5.74, 6) is 0.465. The lowest BCUT2D eigenvalue weighted by Gasteiger charge is -2.46. The van der Waals surface area contributed by atoms with Gasteiger partial charge in [0.05, 0.1) is 13.1 Å². The van der Waals surface area contributed by atoms with Crippen LogP contribution in [0.25, 0.3) is 0 Å². The standard InChI is InChI=1S/C13H18N2O2/c1-9-3-6-11(14(9)2)12(16)15-7-13(17,8-15)10-4-5-10/h3,6,10,17H,4-5,7-8H2,1-2H3. The zero-order valence-electron chi connectivity index (χ0n) is 10.3. The van der Waals surface area contributed by atoms with Crippen LogP contribution in [0.3, 0.4) is 0 Å². The van der Waals surface area contributed by atoms with Gasteiger partial charge in [-0.2, -0.15) is 0 Å². The third-order valence-electron chi connectivity index (χ3n) is 4.15. The van der Waals surface area contributed by atoms with Crippen LogP contribution in [-0.2, 0) is 7.05 Å². The molecule has 2 aliphatic rings. The van der Waals surface area contributed by atoms with Crippen LogP contribution in [0, 0.1) is 12.8 Å². The second-order valence-corrected chi connectivity index (χ2v) is 5.46. The van der Waals surface area contributed by atoms with Crippen LogP contribution in [-0.4, -0.2) is 39.2 Å². The van der Waals surface area contributed by atoms with E-state index in [2.05, 4.69) is 0 Å². The summed E-state index contributed by atoms with van der Waals surface area (Å²) in [6.07, 6.45) is 2.23. The molecule has 2 fully saturated rings. The van der Waals surface area contributed by atoms with E-state index in [0.29, 0.717) is 24.7 Å². The molecule has 0 aromatic carbocycles. The van der Waals surface area contributed by atoms with Gasteiger partial charge in [-0.15, -0.1) is 0 Å². The van der Waals surface area contributed by atoms with E-state index in [0.717, 1.165) is 18.5 Å². The lowest BCUT2D eigenvalue weighted by molar-refractivity contribution is -0.0960. The lowest BCUT2D eigenvalue weighted by atomic mass is 9.88. The molecule has 0 bridgehead atoms. The number of carbonyl (C=O) groups is 1. The smallest absolute Gasteiger partial charge is 0.270 e. The Kier molecular flexibility index (Phi) is 2.14. The van der Waals surface area contributed by atoms with Crippen LogP contribution in [0.5, 0.6) is 0 Å². The van der Waals surface area contributed by atoms with Gasteiger partial charge in [0.25, 0.3) is 5.91 Å². The number of rotatable bonds is 2. The Morgan fingerprint density at radius 2 is 2.06 bits per heavy atom. The molecule has 4 heteroatoms. The van der Waals surface area contributed by atoms with E-state index >= 15 is 0 Å². The fourth-order valence-corrected chi connectivity index (χ4v) is 2.63. The molecule has 92 valence electrons. The predicted octanol–water partition coefficient (Wildman–Crippen LogP) is 0.930. The molecule has 1 amide bonds. The minimum absolute atomic E-state index is 0.0333. The van der Waals surface area contributed by atoms with E-state index in [-0.39, 0.29) is 5.91 Å². The second-order valence-electron chi connectivity index (χ2n) is 5.46. The quantitative estimate of drug-likeness (QED) is 0.827. The number of likely N-dealkylation sites (tertiary alicyclic amines) is 1. The highest BCUT2D eigenvalue weighted by Crippen LogP contribution is 2.44. The van der Waals surface area contributed by atoms with Gasteiger partial charge in [0.15, 0.2) is 0 Å². The van der Waals surface area contributed by atoms with Crippen molar-refractivity contribution in [1.29, 1.82) is 0 Å². The van der Waals surface area contributed by atoms with Crippen LogP contribution in [0.1, 0.15) is 29.0 Å². The van der Waals surface area contributed by atoms with E-state index in [9.17, 15) is 9.90 Å². The molecular formula is C13H18N2O2. The highest BCUT2D eigenvalue weighted by Gasteiger charge is 2.53. The molecule has 3 rings (SSSR count). The summed E-state index contributed by atoms with van der Waals surface area (Å²) in [4.78, 5) is 13.9. The Hall–Kier alpha value is -1.29. The molecule has 1 saturated heterocycles. The summed E-state index contributed by atoms with van der Waals surface area (Å²) in [5, 5.41) is 10.2. The average Bonchev–Trinajstić information content (AvgIpc) is 3.03. The highest BCUT2D eigenvalue weighted by molar-refractivity contribution is 5.93. The van der Waals surface area contributed by atoms with E-state index < -0.39 is 5.60 Å². The van der Waals surface area contributed by atoms with Gasteiger partial charge in [-0.3, -0.25) is 4.79 Å². The third-order valence-corrected chi connectivity index (χ3v) is 4.15. The summed E-state index contributed by atoms with van der Waals surface area (Å²) in [6.45, 7) is 2.98. The Morgan fingerprint density at radius 1 is 1.41 bits per heavy atom. The van der Waals surface area contributed by atoms with E-state index in [1.54, 1.807) is 4.90 Å². The first kappa shape index (κ1) is 10.8. The molecule has 0 unspecified atom stereocenters. The van der Waals surface area contributed by atoms with Gasteiger partial charge in [-0.25, -0.2) is 0 Å². The first-order chi connectivity index (χ1) is 8.01. The fourth-order valence-electron chi connectivity index (χ4n) is 2.63. The summed E-state index contributed by atoms with van der Waals surface area (Å²) in [6, 6.07) is 3.80. The molecule has 2 heterocycles. The third kappa shape index (κ3) is 1.59. The van der Waals surface area contributed by atoms with Crippen LogP contribution in [0.15, 0.2) is 12.1 Å². The first-order valence-electron chi connectivity index (χ1n) is 6.15. The normalized spacial score (nSPS) is 22.4. The lowest BCUT2D eigenvalue weighted by Crippen LogP contribution is -2.64. The molecule has 1 aliphatic carbocycles. The molecule has 0 radical (unpaired) electrons. The summed E-state index contributed by atoms with van der Waals surface area (Å²) >= 11 is 0. The molecule has 0 spiro atoms. The second kappa shape index (κ2) is 3.35. The van der Waals surface area contributed by atoms with Crippen LogP contribution in [0.2, 0.25) is 0 Å². The molecular weight excluding hydrogens is 216 g/mol. The van der Waals surface area contributed by atoms with Gasteiger partial charge >= 0.3 is 0 Å². The predicted molar refractivity (Wildman–Crippen MR) is 63.7 cm³/mol. The van der Waals surface area contributed by atoms with Gasteiger partial charge in [-0.05, 0) is 37.8 Å². The fraction of sp³-hybridized carbons (Fsp3) is 0.615. The molecule has 1 aromatic rings. The number of aryl methyl sites for hydroxylation is 1. The van der Waals surface area contributed by atoms with E-state index in [1.807, 2.05) is 30.7 Å². The average molecular weight is 234 g/mol. The summed E-state index contributed by atoms with van der Waals surface area (Å²) < 4.78 is 1.90. The molecule has 0 atom stereocenters. The van der Waals surface area contributed by atoms with E-state index in [1.165, 1.54) is 0 Å². The zero-order chi connectivity index (χ0) is 12.2. The number of aliphatic hydroxyl groups is 1. The van der Waals surface area contributed by atoms with Crippen molar-refractivity contribution >= 4 is 5.91 Å². The van der Waals surface area contributed by atoms with Crippen molar-refractivity contribution in [1.82, 2.24) is 9.47 Å². The van der Waals surface area contributed by atoms with Crippen molar-refractivity contribution in [2.45, 2.75) is 25.4 Å². The van der Waals surface area contributed by atoms with Crippen molar-refractivity contribution < 1.29 is 9.90 Å². The van der Waals surface area contributed by atoms with Crippen molar-refractivity contribution in [2.24, 2.45) is 13.0 Å². The molecule has 4 nitrogen and oxygen atoms in total. The number of β-amino-alcohol motifs (C(OH)–C–C–N with tert-alkyl or cyclic N) is 1. The number of nitrogens with zero attached hydrogens (tertiary/aromatic N) is 2. The highest BCUT2D eigenvalue weighted by atomic mass is 16.3. The van der Waals surface area contributed by atoms with Crippen molar-refractivity contribution in [3.05, 3.63) is 23.5 Å². The molecule has 1 N–H and O–H groups in total. The van der Waals surface area contributed by atoms with Gasteiger partial charge in [-0.1, -0.05) is 0 Å². The van der Waals surface area contributed by atoms with Crippen LogP contribution >= 0.6 is 0 Å². The molecule has 1 saturated carbocycles. The molecule has 1 aromatic heterocycles. The number of hydrogen-bond donors (Lipinski definition) is 1. The minimum atomic E-state index is -0.587. The maximum absolute atomic E-state index is 12.2. The maximum atomic E-state index is 12.2. The Labute approximate surface area is 101 Å². The Balaban J connectivity index is 1.71. The monoisotopic (exact) mass is 234 g/mol. The van der Waals surface area contributed by atoms with Crippen LogP contribution in [0.4, 0.5) is 0 Å². The molecule has 17 heavy (non-hydrogen) atoms. The number of carbonyl (C=O) groups excluding carboxylic acids is 1. The summed E-state index contributed by atoms with van der Waals surface area (Å²) in [7, 11) is 1.90. The van der Waals surface area contributed by atoms with Gasteiger partial charge < -0.3 is 14.6 Å². The summed E-state index contributed by atoms with van der Waals surface area (Å²) in [5.41, 5.74) is 1.20. The minimum Gasteiger partial charge on any atom is -0.386 e. The van der Waals surface area contributed by atoms with Gasteiger partial charge in [0.1, 0.15) is 11.3 Å². The number of hydrogen-bond acceptors (Lipinski definition) is 2. The van der Waals surface area contributed by atoms with Gasteiger partial charge in [0, 0.05) is 12.7 Å². The number of amides is 1. The largest absolute Gasteiger partial charge is 0.386 e. The molecule has 1 aliphatic heterocycles. The maximum Gasteiger partial charge on any atom is 0.270 e. The van der Waals surface area contributed by atoms with Crippen molar-refractivity contribution in [2.75, 3.05) is 13.1 Å². The Morgan fingerprint density at radius 3 is 2.53 bits per heavy atom. The SMILES string of the molecule is Cc1ccc(C(=O)N2CC(O)(C3CC3)C2)n1C. The Bertz CT molecular complexity index is 468. The number of aromatic nitrogens is 1. The zero-order valence-corrected chi connectivity index (χ0v) is 10.3. The topological polar surface area (TPSA) is 45.5 Å². The van der Waals surface area contributed by atoms with Crippen molar-refractivity contribution in [3.63, 3.8) is 0 Å². The van der Waals surface area contributed by atoms with Gasteiger partial charge in [0.2, 0.25) is 0 Å².